The van der Waals surface area contributed by atoms with Gasteiger partial charge >= 0.3 is 0 Å². The lowest BCUT2D eigenvalue weighted by Crippen LogP contribution is -2.35. The first kappa shape index (κ1) is 11.7. The molecule has 16 heavy (non-hydrogen) atoms. The third kappa shape index (κ3) is 2.69. The molecule has 3 heteroatoms. The maximum atomic E-state index is 6.03. The van der Waals surface area contributed by atoms with E-state index in [9.17, 15) is 0 Å². The van der Waals surface area contributed by atoms with Crippen molar-refractivity contribution in [2.45, 2.75) is 32.7 Å². The zero-order chi connectivity index (χ0) is 11.5. The van der Waals surface area contributed by atoms with Crippen LogP contribution in [0.3, 0.4) is 0 Å². The third-order valence-electron chi connectivity index (χ3n) is 3.19. The number of aryl methyl sites for hydroxylation is 2. The van der Waals surface area contributed by atoms with Crippen molar-refractivity contribution in [3.05, 3.63) is 28.3 Å². The zero-order valence-corrected chi connectivity index (χ0v) is 10.7. The normalized spacial score (nSPS) is 17.4. The zero-order valence-electron chi connectivity index (χ0n) is 9.94. The first-order chi connectivity index (χ1) is 7.66. The van der Waals surface area contributed by atoms with Crippen molar-refractivity contribution >= 4 is 17.3 Å². The molecule has 0 unspecified atom stereocenters. The van der Waals surface area contributed by atoms with Crippen LogP contribution in [0, 0.1) is 13.8 Å². The van der Waals surface area contributed by atoms with Gasteiger partial charge in [0.2, 0.25) is 0 Å². The highest BCUT2D eigenvalue weighted by atomic mass is 35.5. The summed E-state index contributed by atoms with van der Waals surface area (Å²) in [6.45, 7) is 6.46. The predicted molar refractivity (Wildman–Crippen MR) is 70.4 cm³/mol. The molecule has 1 aliphatic rings. The average molecular weight is 239 g/mol. The van der Waals surface area contributed by atoms with E-state index in [0.717, 1.165) is 18.1 Å². The summed E-state index contributed by atoms with van der Waals surface area (Å²) >= 11 is 6.03. The third-order valence-corrected chi connectivity index (χ3v) is 3.40. The number of piperidine rings is 1. The molecule has 2 nitrogen and oxygen atoms in total. The van der Waals surface area contributed by atoms with Crippen LogP contribution in [0.15, 0.2) is 12.1 Å². The van der Waals surface area contributed by atoms with E-state index in [2.05, 4.69) is 24.5 Å². The van der Waals surface area contributed by atoms with Gasteiger partial charge in [0, 0.05) is 16.8 Å². The minimum atomic E-state index is 0.597. The Morgan fingerprint density at radius 3 is 2.31 bits per heavy atom. The van der Waals surface area contributed by atoms with Gasteiger partial charge < -0.3 is 10.6 Å². The largest absolute Gasteiger partial charge is 0.382 e. The molecular weight excluding hydrogens is 220 g/mol. The molecule has 0 atom stereocenters. The van der Waals surface area contributed by atoms with Gasteiger partial charge in [-0.15, -0.1) is 0 Å². The van der Waals surface area contributed by atoms with Gasteiger partial charge in [-0.2, -0.15) is 0 Å². The Morgan fingerprint density at radius 1 is 1.19 bits per heavy atom. The van der Waals surface area contributed by atoms with E-state index in [4.69, 9.17) is 11.6 Å². The van der Waals surface area contributed by atoms with Crippen LogP contribution in [0.2, 0.25) is 5.02 Å². The molecule has 1 fully saturated rings. The SMILES string of the molecule is Cc1cc(Cl)cc(C)c1NC1CCNCC1. The summed E-state index contributed by atoms with van der Waals surface area (Å²) < 4.78 is 0. The molecular formula is C13H19ClN2. The van der Waals surface area contributed by atoms with Crippen LogP contribution in [-0.2, 0) is 0 Å². The minimum Gasteiger partial charge on any atom is -0.382 e. The van der Waals surface area contributed by atoms with Crippen molar-refractivity contribution < 1.29 is 0 Å². The van der Waals surface area contributed by atoms with E-state index >= 15 is 0 Å². The number of anilines is 1. The second-order valence-electron chi connectivity index (χ2n) is 4.58. The number of nitrogens with one attached hydrogen (secondary N) is 2. The van der Waals surface area contributed by atoms with Crippen molar-refractivity contribution in [3.63, 3.8) is 0 Å². The lowest BCUT2D eigenvalue weighted by molar-refractivity contribution is 0.479. The van der Waals surface area contributed by atoms with Crippen LogP contribution in [0.25, 0.3) is 0 Å². The van der Waals surface area contributed by atoms with Crippen LogP contribution in [0.5, 0.6) is 0 Å². The van der Waals surface area contributed by atoms with E-state index in [1.165, 1.54) is 29.7 Å². The molecule has 0 aliphatic carbocycles. The van der Waals surface area contributed by atoms with Crippen molar-refractivity contribution in [1.29, 1.82) is 0 Å². The molecule has 1 aromatic carbocycles. The number of rotatable bonds is 2. The molecule has 0 bridgehead atoms. The van der Waals surface area contributed by atoms with Crippen molar-refractivity contribution in [2.24, 2.45) is 0 Å². The number of benzene rings is 1. The number of hydrogen-bond donors (Lipinski definition) is 2. The van der Waals surface area contributed by atoms with Gasteiger partial charge in [0.15, 0.2) is 0 Å². The second-order valence-corrected chi connectivity index (χ2v) is 5.02. The predicted octanol–water partition coefficient (Wildman–Crippen LogP) is 3.12. The molecule has 0 amide bonds. The first-order valence-electron chi connectivity index (χ1n) is 5.91. The van der Waals surface area contributed by atoms with Crippen LogP contribution < -0.4 is 10.6 Å². The molecule has 1 aliphatic heterocycles. The fraction of sp³-hybridized carbons (Fsp3) is 0.538. The summed E-state index contributed by atoms with van der Waals surface area (Å²) in [6, 6.07) is 4.65. The Hall–Kier alpha value is -0.730. The van der Waals surface area contributed by atoms with Gasteiger partial charge in [0.25, 0.3) is 0 Å². The van der Waals surface area contributed by atoms with E-state index in [1.807, 2.05) is 12.1 Å². The van der Waals surface area contributed by atoms with Gasteiger partial charge in [0.05, 0.1) is 0 Å². The molecule has 0 saturated carbocycles. The summed E-state index contributed by atoms with van der Waals surface area (Å²) in [7, 11) is 0. The van der Waals surface area contributed by atoms with Gasteiger partial charge in [-0.3, -0.25) is 0 Å². The van der Waals surface area contributed by atoms with E-state index in [0.29, 0.717) is 6.04 Å². The summed E-state index contributed by atoms with van der Waals surface area (Å²) in [5, 5.41) is 7.85. The Labute approximate surface area is 102 Å². The van der Waals surface area contributed by atoms with Crippen LogP contribution >= 0.6 is 11.6 Å². The van der Waals surface area contributed by atoms with Crippen molar-refractivity contribution in [3.8, 4) is 0 Å². The second kappa shape index (κ2) is 5.07. The fourth-order valence-corrected chi connectivity index (χ4v) is 2.64. The highest BCUT2D eigenvalue weighted by Crippen LogP contribution is 2.26. The van der Waals surface area contributed by atoms with E-state index in [-0.39, 0.29) is 0 Å². The molecule has 1 heterocycles. The van der Waals surface area contributed by atoms with Crippen LogP contribution in [0.1, 0.15) is 24.0 Å². The molecule has 0 spiro atoms. The van der Waals surface area contributed by atoms with E-state index in [1.54, 1.807) is 0 Å². The molecule has 0 aromatic heterocycles. The fourth-order valence-electron chi connectivity index (χ4n) is 2.31. The lowest BCUT2D eigenvalue weighted by atomic mass is 10.0. The number of halogens is 1. The van der Waals surface area contributed by atoms with Crippen molar-refractivity contribution in [1.82, 2.24) is 5.32 Å². The van der Waals surface area contributed by atoms with Gasteiger partial charge in [-0.05, 0) is 63.0 Å². The quantitative estimate of drug-likeness (QED) is 0.827. The van der Waals surface area contributed by atoms with Crippen molar-refractivity contribution in [2.75, 3.05) is 18.4 Å². The molecule has 2 N–H and O–H groups in total. The Balaban J connectivity index is 2.14. The number of hydrogen-bond acceptors (Lipinski definition) is 2. The van der Waals surface area contributed by atoms with E-state index < -0.39 is 0 Å². The van der Waals surface area contributed by atoms with Gasteiger partial charge in [-0.25, -0.2) is 0 Å². The van der Waals surface area contributed by atoms with Gasteiger partial charge in [0.1, 0.15) is 0 Å². The lowest BCUT2D eigenvalue weighted by Gasteiger charge is -2.26. The standard InChI is InChI=1S/C13H19ClN2/c1-9-7-11(14)8-10(2)13(9)16-12-3-5-15-6-4-12/h7-8,12,15-16H,3-6H2,1-2H3. The molecule has 88 valence electrons. The Kier molecular flexibility index (Phi) is 3.72. The summed E-state index contributed by atoms with van der Waals surface area (Å²) in [6.07, 6.45) is 2.39. The minimum absolute atomic E-state index is 0.597. The summed E-state index contributed by atoms with van der Waals surface area (Å²) in [5.41, 5.74) is 3.74. The average Bonchev–Trinajstić information content (AvgIpc) is 2.25. The highest BCUT2D eigenvalue weighted by molar-refractivity contribution is 6.30. The Morgan fingerprint density at radius 2 is 1.75 bits per heavy atom. The molecule has 0 radical (unpaired) electrons. The maximum Gasteiger partial charge on any atom is 0.0412 e. The highest BCUT2D eigenvalue weighted by Gasteiger charge is 2.14. The Bertz CT molecular complexity index is 347. The monoisotopic (exact) mass is 238 g/mol. The molecule has 1 aromatic rings. The topological polar surface area (TPSA) is 24.1 Å². The maximum absolute atomic E-state index is 6.03. The van der Waals surface area contributed by atoms with Gasteiger partial charge in [-0.1, -0.05) is 11.6 Å². The van der Waals surface area contributed by atoms with Crippen LogP contribution in [-0.4, -0.2) is 19.1 Å². The molecule has 2 rings (SSSR count). The first-order valence-corrected chi connectivity index (χ1v) is 6.28. The van der Waals surface area contributed by atoms with Crippen LogP contribution in [0.4, 0.5) is 5.69 Å². The summed E-state index contributed by atoms with van der Waals surface area (Å²) in [4.78, 5) is 0. The smallest absolute Gasteiger partial charge is 0.0412 e. The summed E-state index contributed by atoms with van der Waals surface area (Å²) in [5.74, 6) is 0. The molecule has 1 saturated heterocycles.